The van der Waals surface area contributed by atoms with Crippen molar-refractivity contribution in [1.29, 1.82) is 0 Å². The van der Waals surface area contributed by atoms with Crippen LogP contribution in [0.4, 0.5) is 0 Å². The Balaban J connectivity index is 1.88. The minimum absolute atomic E-state index is 0.0526. The van der Waals surface area contributed by atoms with Crippen LogP contribution >= 0.6 is 0 Å². The summed E-state index contributed by atoms with van der Waals surface area (Å²) in [5.74, 6) is 0.733. The van der Waals surface area contributed by atoms with Crippen molar-refractivity contribution in [2.45, 2.75) is 31.9 Å². The first-order valence-corrected chi connectivity index (χ1v) is 4.93. The molecule has 72 valence electrons. The van der Waals surface area contributed by atoms with Crippen LogP contribution in [0, 0.1) is 0 Å². The molecule has 14 heavy (non-hydrogen) atoms. The fraction of sp³-hybridized carbons (Fsp3) is 0.455. The van der Waals surface area contributed by atoms with Gasteiger partial charge >= 0.3 is 0 Å². The zero-order valence-corrected chi connectivity index (χ0v) is 8.16. The number of aliphatic imine (C=N–C) groups is 1. The second-order valence-electron chi connectivity index (χ2n) is 4.24. The zero-order valence-electron chi connectivity index (χ0n) is 8.16. The molecule has 1 aliphatic heterocycles. The Labute approximate surface area is 82.8 Å². The lowest BCUT2D eigenvalue weighted by Crippen LogP contribution is -2.13. The van der Waals surface area contributed by atoms with Gasteiger partial charge in [-0.15, -0.1) is 0 Å². The topological polar surface area (TPSA) is 34.5 Å². The Morgan fingerprint density at radius 1 is 1.43 bits per heavy atom. The lowest BCUT2D eigenvalue weighted by molar-refractivity contribution is 0.191. The van der Waals surface area contributed by atoms with Gasteiger partial charge in [0.25, 0.3) is 0 Å². The van der Waals surface area contributed by atoms with E-state index in [1.165, 1.54) is 5.56 Å². The Morgan fingerprint density at radius 3 is 3.07 bits per heavy atom. The summed E-state index contributed by atoms with van der Waals surface area (Å²) in [6, 6.07) is 1.98. The van der Waals surface area contributed by atoms with Crippen LogP contribution in [-0.4, -0.2) is 16.8 Å². The molecule has 1 aromatic heterocycles. The van der Waals surface area contributed by atoms with Crippen LogP contribution in [0.3, 0.4) is 0 Å². The third kappa shape index (κ3) is 1.29. The highest BCUT2D eigenvalue weighted by atomic mass is 16.5. The maximum Gasteiger partial charge on any atom is 0.214 e. The van der Waals surface area contributed by atoms with Gasteiger partial charge in [0, 0.05) is 29.6 Å². The summed E-state index contributed by atoms with van der Waals surface area (Å²) in [4.78, 5) is 8.46. The van der Waals surface area contributed by atoms with Crippen LogP contribution in [0.5, 0.6) is 5.88 Å². The SMILES string of the molecule is CC1(Oc2cc3c(cn2)CN=C3)CC1. The van der Waals surface area contributed by atoms with Gasteiger partial charge in [-0.05, 0) is 19.8 Å². The number of pyridine rings is 1. The fourth-order valence-electron chi connectivity index (χ4n) is 1.56. The number of ether oxygens (including phenoxy) is 1. The number of aromatic nitrogens is 1. The van der Waals surface area contributed by atoms with E-state index in [9.17, 15) is 0 Å². The van der Waals surface area contributed by atoms with Crippen molar-refractivity contribution in [3.05, 3.63) is 23.4 Å². The third-order valence-electron chi connectivity index (χ3n) is 2.79. The van der Waals surface area contributed by atoms with Crippen LogP contribution in [0.2, 0.25) is 0 Å². The van der Waals surface area contributed by atoms with Gasteiger partial charge in [0.15, 0.2) is 0 Å². The predicted octanol–water partition coefficient (Wildman–Crippen LogP) is 1.95. The van der Waals surface area contributed by atoms with E-state index >= 15 is 0 Å². The van der Waals surface area contributed by atoms with E-state index in [0.29, 0.717) is 0 Å². The molecule has 1 aromatic rings. The molecule has 1 fully saturated rings. The molecule has 1 saturated carbocycles. The summed E-state index contributed by atoms with van der Waals surface area (Å²) < 4.78 is 5.77. The molecule has 0 unspecified atom stereocenters. The van der Waals surface area contributed by atoms with Gasteiger partial charge in [-0.25, -0.2) is 4.98 Å². The summed E-state index contributed by atoms with van der Waals surface area (Å²) in [5, 5.41) is 0. The van der Waals surface area contributed by atoms with Gasteiger partial charge in [-0.2, -0.15) is 0 Å². The van der Waals surface area contributed by atoms with Crippen molar-refractivity contribution < 1.29 is 4.74 Å². The minimum atomic E-state index is 0.0526. The third-order valence-corrected chi connectivity index (χ3v) is 2.79. The van der Waals surface area contributed by atoms with Crippen molar-refractivity contribution >= 4 is 6.21 Å². The van der Waals surface area contributed by atoms with E-state index in [1.54, 1.807) is 0 Å². The summed E-state index contributed by atoms with van der Waals surface area (Å²) in [6.07, 6.45) is 6.03. The standard InChI is InChI=1S/C11H12N2O/c1-11(2-3-11)14-10-4-8-5-12-6-9(8)7-13-10/h4-5,7H,2-3,6H2,1H3. The lowest BCUT2D eigenvalue weighted by Gasteiger charge is -2.11. The first-order valence-electron chi connectivity index (χ1n) is 4.93. The number of hydrogen-bond acceptors (Lipinski definition) is 3. The molecule has 0 bridgehead atoms. The molecule has 3 nitrogen and oxygen atoms in total. The molecule has 0 aromatic carbocycles. The van der Waals surface area contributed by atoms with E-state index in [4.69, 9.17) is 4.74 Å². The van der Waals surface area contributed by atoms with E-state index in [0.717, 1.165) is 30.8 Å². The van der Waals surface area contributed by atoms with Crippen LogP contribution in [0.25, 0.3) is 0 Å². The quantitative estimate of drug-likeness (QED) is 0.710. The molecule has 2 heterocycles. The van der Waals surface area contributed by atoms with E-state index in [2.05, 4.69) is 16.9 Å². The first kappa shape index (κ1) is 7.97. The molecule has 0 spiro atoms. The summed E-state index contributed by atoms with van der Waals surface area (Å²) >= 11 is 0. The second-order valence-corrected chi connectivity index (χ2v) is 4.24. The summed E-state index contributed by atoms with van der Waals surface area (Å²) in [7, 11) is 0. The number of nitrogens with zero attached hydrogens (tertiary/aromatic N) is 2. The van der Waals surface area contributed by atoms with E-state index in [-0.39, 0.29) is 5.60 Å². The maximum absolute atomic E-state index is 5.77. The van der Waals surface area contributed by atoms with Crippen LogP contribution < -0.4 is 4.74 Å². The summed E-state index contributed by atoms with van der Waals surface area (Å²) in [6.45, 7) is 2.88. The molecule has 0 atom stereocenters. The minimum Gasteiger partial charge on any atom is -0.471 e. The van der Waals surface area contributed by atoms with E-state index in [1.807, 2.05) is 18.5 Å². The average Bonchev–Trinajstić information content (AvgIpc) is 2.73. The van der Waals surface area contributed by atoms with Crippen LogP contribution in [-0.2, 0) is 6.54 Å². The Morgan fingerprint density at radius 2 is 2.29 bits per heavy atom. The number of hydrogen-bond donors (Lipinski definition) is 0. The van der Waals surface area contributed by atoms with Gasteiger partial charge in [0.1, 0.15) is 5.60 Å². The molecule has 3 heteroatoms. The lowest BCUT2D eigenvalue weighted by atomic mass is 10.2. The van der Waals surface area contributed by atoms with Crippen molar-refractivity contribution in [2.24, 2.45) is 4.99 Å². The van der Waals surface area contributed by atoms with Gasteiger partial charge in [-0.1, -0.05) is 0 Å². The fourth-order valence-corrected chi connectivity index (χ4v) is 1.56. The highest BCUT2D eigenvalue weighted by molar-refractivity contribution is 5.84. The van der Waals surface area contributed by atoms with Gasteiger partial charge < -0.3 is 4.74 Å². The zero-order chi connectivity index (χ0) is 9.60. The highest BCUT2D eigenvalue weighted by Crippen LogP contribution is 2.39. The molecule has 2 aliphatic rings. The predicted molar refractivity (Wildman–Crippen MR) is 53.8 cm³/mol. The van der Waals surface area contributed by atoms with Gasteiger partial charge in [-0.3, -0.25) is 4.99 Å². The molecule has 0 radical (unpaired) electrons. The Bertz CT molecular complexity index is 408. The van der Waals surface area contributed by atoms with Crippen molar-refractivity contribution in [2.75, 3.05) is 0 Å². The molecule has 0 N–H and O–H groups in total. The van der Waals surface area contributed by atoms with Gasteiger partial charge in [0.05, 0.1) is 6.54 Å². The van der Waals surface area contributed by atoms with Crippen molar-refractivity contribution in [3.8, 4) is 5.88 Å². The van der Waals surface area contributed by atoms with Crippen molar-refractivity contribution in [3.63, 3.8) is 0 Å². The average molecular weight is 188 g/mol. The number of rotatable bonds is 2. The van der Waals surface area contributed by atoms with Crippen LogP contribution in [0.15, 0.2) is 17.3 Å². The van der Waals surface area contributed by atoms with Crippen molar-refractivity contribution in [1.82, 2.24) is 4.98 Å². The molecule has 0 amide bonds. The summed E-state index contributed by atoms with van der Waals surface area (Å²) in [5.41, 5.74) is 2.40. The Kier molecular flexibility index (Phi) is 1.46. The van der Waals surface area contributed by atoms with E-state index < -0.39 is 0 Å². The molecule has 3 rings (SSSR count). The largest absolute Gasteiger partial charge is 0.471 e. The maximum atomic E-state index is 5.77. The molecule has 1 aliphatic carbocycles. The van der Waals surface area contributed by atoms with Gasteiger partial charge in [0.2, 0.25) is 5.88 Å². The smallest absolute Gasteiger partial charge is 0.214 e. The Hall–Kier alpha value is -1.38. The van der Waals surface area contributed by atoms with Crippen LogP contribution in [0.1, 0.15) is 30.9 Å². The normalized spacial score (nSPS) is 20.6. The first-order chi connectivity index (χ1) is 6.75. The molecular formula is C11H12N2O. The second kappa shape index (κ2) is 2.56. The highest BCUT2D eigenvalue weighted by Gasteiger charge is 2.40. The molecule has 0 saturated heterocycles. The molecular weight excluding hydrogens is 176 g/mol. The monoisotopic (exact) mass is 188 g/mol. The number of fused-ring (bicyclic) bond motifs is 1.